The molecule has 0 radical (unpaired) electrons. The van der Waals surface area contributed by atoms with Gasteiger partial charge in [0, 0.05) is 20.1 Å². The molecule has 1 aromatic rings. The van der Waals surface area contributed by atoms with Crippen molar-refractivity contribution in [1.29, 1.82) is 0 Å². The van der Waals surface area contributed by atoms with E-state index in [9.17, 15) is 0 Å². The fourth-order valence-electron chi connectivity index (χ4n) is 1.17. The smallest absolute Gasteiger partial charge is 0.219 e. The Morgan fingerprint density at radius 3 is 2.92 bits per heavy atom. The highest BCUT2D eigenvalue weighted by Gasteiger charge is 2.18. The van der Waals surface area contributed by atoms with Gasteiger partial charge in [-0.25, -0.2) is 9.99 Å². The molecule has 0 bridgehead atoms. The molecule has 2 heterocycles. The van der Waals surface area contributed by atoms with Gasteiger partial charge in [0.1, 0.15) is 9.21 Å². The van der Waals surface area contributed by atoms with Crippen molar-refractivity contribution < 1.29 is 0 Å². The number of hydrogen-bond acceptors (Lipinski definition) is 3. The highest BCUT2D eigenvalue weighted by molar-refractivity contribution is 9.13. The van der Waals surface area contributed by atoms with Crippen molar-refractivity contribution in [3.8, 4) is 0 Å². The van der Waals surface area contributed by atoms with Crippen LogP contribution in [0.15, 0.2) is 9.21 Å². The number of hydrazine groups is 1. The molecule has 2 rings (SSSR count). The molecule has 4 nitrogen and oxygen atoms in total. The van der Waals surface area contributed by atoms with Gasteiger partial charge >= 0.3 is 0 Å². The summed E-state index contributed by atoms with van der Waals surface area (Å²) >= 11 is 6.81. The predicted octanol–water partition coefficient (Wildman–Crippen LogP) is 1.68. The molecule has 0 aliphatic carbocycles. The van der Waals surface area contributed by atoms with E-state index in [1.165, 1.54) is 0 Å². The van der Waals surface area contributed by atoms with E-state index in [4.69, 9.17) is 0 Å². The van der Waals surface area contributed by atoms with Gasteiger partial charge in [-0.2, -0.15) is 0 Å². The van der Waals surface area contributed by atoms with E-state index < -0.39 is 0 Å². The van der Waals surface area contributed by atoms with Crippen LogP contribution in [0.2, 0.25) is 0 Å². The number of rotatable bonds is 0. The minimum absolute atomic E-state index is 0.848. The molecule has 0 aromatic carbocycles. The Balaban J connectivity index is 2.43. The topological polar surface area (TPSA) is 33.1 Å². The molecule has 0 amide bonds. The van der Waals surface area contributed by atoms with Crippen LogP contribution in [0, 0.1) is 0 Å². The van der Waals surface area contributed by atoms with Crippen molar-refractivity contribution in [2.75, 3.05) is 19.0 Å². The molecule has 0 fully saturated rings. The quantitative estimate of drug-likeness (QED) is 0.791. The third kappa shape index (κ3) is 1.27. The molecule has 66 valence electrons. The molecule has 12 heavy (non-hydrogen) atoms. The first-order chi connectivity index (χ1) is 5.68. The van der Waals surface area contributed by atoms with Gasteiger partial charge in [-0.15, -0.1) is 0 Å². The highest BCUT2D eigenvalue weighted by Crippen LogP contribution is 2.28. The molecule has 1 aromatic heterocycles. The Labute approximate surface area is 87.2 Å². The maximum absolute atomic E-state index is 4.28. The molecular formula is C6H8Br2N4. The summed E-state index contributed by atoms with van der Waals surface area (Å²) in [6, 6.07) is 0. The lowest BCUT2D eigenvalue weighted by molar-refractivity contribution is 0.343. The van der Waals surface area contributed by atoms with E-state index in [-0.39, 0.29) is 0 Å². The SMILES string of the molecule is CN1CCn2c(nc(Br)c2Br)N1. The lowest BCUT2D eigenvalue weighted by Crippen LogP contribution is -2.35. The van der Waals surface area contributed by atoms with Crippen molar-refractivity contribution in [1.82, 2.24) is 14.6 Å². The summed E-state index contributed by atoms with van der Waals surface area (Å²) in [6.45, 7) is 1.94. The lowest BCUT2D eigenvalue weighted by Gasteiger charge is -2.25. The Hall–Kier alpha value is -0.0700. The van der Waals surface area contributed by atoms with Crippen LogP contribution in [-0.2, 0) is 6.54 Å². The van der Waals surface area contributed by atoms with Crippen molar-refractivity contribution in [3.63, 3.8) is 0 Å². The third-order valence-electron chi connectivity index (χ3n) is 1.82. The Morgan fingerprint density at radius 1 is 1.42 bits per heavy atom. The number of nitrogens with zero attached hydrogens (tertiary/aromatic N) is 3. The van der Waals surface area contributed by atoms with Gasteiger partial charge in [-0.1, -0.05) is 0 Å². The van der Waals surface area contributed by atoms with E-state index in [2.05, 4.69) is 46.8 Å². The van der Waals surface area contributed by atoms with Crippen molar-refractivity contribution in [3.05, 3.63) is 9.21 Å². The van der Waals surface area contributed by atoms with Crippen molar-refractivity contribution >= 4 is 37.8 Å². The molecule has 0 unspecified atom stereocenters. The fraction of sp³-hybridized carbons (Fsp3) is 0.500. The number of halogens is 2. The van der Waals surface area contributed by atoms with Crippen LogP contribution >= 0.6 is 31.9 Å². The molecular weight excluding hydrogens is 288 g/mol. The van der Waals surface area contributed by atoms with Gasteiger partial charge in [-0.05, 0) is 31.9 Å². The summed E-state index contributed by atoms with van der Waals surface area (Å²) in [5, 5.41) is 2.02. The molecule has 1 aliphatic heterocycles. The average molecular weight is 296 g/mol. The van der Waals surface area contributed by atoms with Gasteiger partial charge < -0.3 is 4.57 Å². The molecule has 6 heteroatoms. The number of imidazole rings is 1. The first-order valence-corrected chi connectivity index (χ1v) is 5.16. The van der Waals surface area contributed by atoms with Crippen molar-refractivity contribution in [2.24, 2.45) is 0 Å². The van der Waals surface area contributed by atoms with Crippen LogP contribution < -0.4 is 5.43 Å². The van der Waals surface area contributed by atoms with Gasteiger partial charge in [0.25, 0.3) is 0 Å². The summed E-state index contributed by atoms with van der Waals surface area (Å²) in [5.74, 6) is 0.877. The monoisotopic (exact) mass is 294 g/mol. The van der Waals surface area contributed by atoms with Gasteiger partial charge in [-0.3, -0.25) is 5.43 Å². The van der Waals surface area contributed by atoms with Crippen LogP contribution in [0.1, 0.15) is 0 Å². The van der Waals surface area contributed by atoms with E-state index in [0.717, 1.165) is 28.2 Å². The number of anilines is 1. The summed E-state index contributed by atoms with van der Waals surface area (Å²) in [4.78, 5) is 4.28. The largest absolute Gasteiger partial charge is 0.302 e. The highest BCUT2D eigenvalue weighted by atomic mass is 79.9. The zero-order valence-electron chi connectivity index (χ0n) is 6.51. The molecule has 1 aliphatic rings. The van der Waals surface area contributed by atoms with Crippen LogP contribution in [0.3, 0.4) is 0 Å². The van der Waals surface area contributed by atoms with E-state index in [1.807, 2.05) is 12.1 Å². The zero-order chi connectivity index (χ0) is 8.72. The van der Waals surface area contributed by atoms with Crippen LogP contribution in [-0.4, -0.2) is 28.2 Å². The first-order valence-electron chi connectivity index (χ1n) is 3.58. The lowest BCUT2D eigenvalue weighted by atomic mass is 10.5. The van der Waals surface area contributed by atoms with Crippen LogP contribution in [0.25, 0.3) is 0 Å². The number of nitrogens with one attached hydrogen (secondary N) is 1. The number of aromatic nitrogens is 2. The molecule has 0 saturated carbocycles. The molecule has 0 saturated heterocycles. The molecule has 0 spiro atoms. The molecule has 0 atom stereocenters. The minimum Gasteiger partial charge on any atom is -0.302 e. The summed E-state index contributed by atoms with van der Waals surface area (Å²) in [6.07, 6.45) is 0. The Morgan fingerprint density at radius 2 is 2.17 bits per heavy atom. The average Bonchev–Trinajstić information content (AvgIpc) is 2.28. The minimum atomic E-state index is 0.848. The Bertz CT molecular complexity index is 309. The second-order valence-corrected chi connectivity index (χ2v) is 4.20. The van der Waals surface area contributed by atoms with Gasteiger partial charge in [0.15, 0.2) is 0 Å². The Kier molecular flexibility index (Phi) is 2.14. The van der Waals surface area contributed by atoms with Gasteiger partial charge in [0.2, 0.25) is 5.95 Å². The second-order valence-electron chi connectivity index (χ2n) is 2.70. The maximum atomic E-state index is 4.28. The molecule has 1 N–H and O–H groups in total. The van der Waals surface area contributed by atoms with Gasteiger partial charge in [0.05, 0.1) is 0 Å². The van der Waals surface area contributed by atoms with Crippen LogP contribution in [0.5, 0.6) is 0 Å². The van der Waals surface area contributed by atoms with E-state index in [0.29, 0.717) is 0 Å². The summed E-state index contributed by atoms with van der Waals surface area (Å²) < 4.78 is 3.93. The predicted molar refractivity (Wildman–Crippen MR) is 53.9 cm³/mol. The van der Waals surface area contributed by atoms with Crippen molar-refractivity contribution in [2.45, 2.75) is 6.54 Å². The maximum Gasteiger partial charge on any atom is 0.219 e. The first kappa shape index (κ1) is 8.52. The van der Waals surface area contributed by atoms with E-state index in [1.54, 1.807) is 0 Å². The third-order valence-corrected chi connectivity index (χ3v) is 3.71. The summed E-state index contributed by atoms with van der Waals surface area (Å²) in [7, 11) is 2.00. The summed E-state index contributed by atoms with van der Waals surface area (Å²) in [5.41, 5.74) is 3.15. The van der Waals surface area contributed by atoms with Crippen LogP contribution in [0.4, 0.5) is 5.95 Å². The number of fused-ring (bicyclic) bond motifs is 1. The standard InChI is InChI=1S/C6H8Br2N4/c1-11-2-3-12-5(8)4(7)9-6(12)10-11/h2-3H2,1H3,(H,9,10). The fourth-order valence-corrected chi connectivity index (χ4v) is 1.99. The normalized spacial score (nSPS) is 17.2. The second kappa shape index (κ2) is 3.01. The number of likely N-dealkylation sites (N-methyl/N-ethyl adjacent to an activating group) is 1. The zero-order valence-corrected chi connectivity index (χ0v) is 9.68. The number of hydrogen-bond donors (Lipinski definition) is 1. The van der Waals surface area contributed by atoms with E-state index >= 15 is 0 Å².